The van der Waals surface area contributed by atoms with E-state index in [1.807, 2.05) is 13.8 Å². The Balaban J connectivity index is 1.96. The first-order valence-corrected chi connectivity index (χ1v) is 10.2. The summed E-state index contributed by atoms with van der Waals surface area (Å²) in [6, 6.07) is 8.02. The summed E-state index contributed by atoms with van der Waals surface area (Å²) in [6.45, 7) is 6.93. The molecule has 0 fully saturated rings. The van der Waals surface area contributed by atoms with E-state index in [2.05, 4.69) is 20.6 Å². The third-order valence-electron chi connectivity index (χ3n) is 3.71. The van der Waals surface area contributed by atoms with Gasteiger partial charge in [-0.2, -0.15) is 0 Å². The number of aryl methyl sites for hydroxylation is 1. The van der Waals surface area contributed by atoms with Gasteiger partial charge in [0.25, 0.3) is 5.91 Å². The van der Waals surface area contributed by atoms with E-state index in [4.69, 9.17) is 5.14 Å². The van der Waals surface area contributed by atoms with Gasteiger partial charge in [0.1, 0.15) is 17.3 Å². The third-order valence-corrected chi connectivity index (χ3v) is 4.64. The molecule has 1 heterocycles. The van der Waals surface area contributed by atoms with Crippen LogP contribution in [0.4, 0.5) is 5.82 Å². The van der Waals surface area contributed by atoms with Gasteiger partial charge in [0.05, 0.1) is 4.90 Å². The molecule has 4 N–H and O–H groups in total. The molecule has 0 bridgehead atoms. The molecule has 1 aromatic carbocycles. The highest BCUT2D eigenvalue weighted by Crippen LogP contribution is 2.11. The van der Waals surface area contributed by atoms with Gasteiger partial charge in [0.2, 0.25) is 10.0 Å². The zero-order valence-electron chi connectivity index (χ0n) is 15.7. The summed E-state index contributed by atoms with van der Waals surface area (Å²) in [4.78, 5) is 20.7. The second-order valence-corrected chi connectivity index (χ2v) is 8.22. The molecule has 146 valence electrons. The predicted molar refractivity (Wildman–Crippen MR) is 104 cm³/mol. The Hall–Kier alpha value is -2.52. The molecule has 0 saturated heterocycles. The summed E-state index contributed by atoms with van der Waals surface area (Å²) in [5.41, 5.74) is 1.28. The number of benzene rings is 1. The number of hydrogen-bond acceptors (Lipinski definition) is 6. The third kappa shape index (κ3) is 6.61. The van der Waals surface area contributed by atoms with Crippen LogP contribution in [-0.2, 0) is 16.4 Å². The van der Waals surface area contributed by atoms with Crippen LogP contribution in [-0.4, -0.2) is 37.4 Å². The number of anilines is 1. The van der Waals surface area contributed by atoms with Crippen molar-refractivity contribution in [2.24, 2.45) is 11.1 Å². The Morgan fingerprint density at radius 3 is 2.44 bits per heavy atom. The Labute approximate surface area is 159 Å². The first-order valence-electron chi connectivity index (χ1n) is 8.64. The van der Waals surface area contributed by atoms with Crippen molar-refractivity contribution in [2.45, 2.75) is 32.1 Å². The topological polar surface area (TPSA) is 127 Å². The molecule has 0 aliphatic heterocycles. The van der Waals surface area contributed by atoms with Crippen LogP contribution in [0.3, 0.4) is 0 Å². The zero-order chi connectivity index (χ0) is 20.0. The van der Waals surface area contributed by atoms with E-state index in [0.717, 1.165) is 5.56 Å². The molecule has 0 atom stereocenters. The lowest BCUT2D eigenvalue weighted by atomic mass is 10.1. The van der Waals surface area contributed by atoms with Crippen LogP contribution in [0, 0.1) is 12.8 Å². The molecule has 0 spiro atoms. The number of primary sulfonamides is 1. The number of amides is 1. The SMILES string of the molecule is Cc1nc(NCCc2ccc(S(N)(=O)=O)cc2)cc(C(=O)NCC(C)C)n1. The molecule has 9 heteroatoms. The van der Waals surface area contributed by atoms with Crippen LogP contribution in [0.15, 0.2) is 35.2 Å². The maximum absolute atomic E-state index is 12.2. The molecular formula is C18H25N5O3S. The van der Waals surface area contributed by atoms with Crippen molar-refractivity contribution in [3.8, 4) is 0 Å². The largest absolute Gasteiger partial charge is 0.370 e. The van der Waals surface area contributed by atoms with Crippen molar-refractivity contribution in [3.05, 3.63) is 47.4 Å². The Bertz CT molecular complexity index is 896. The molecule has 0 aliphatic rings. The number of aromatic nitrogens is 2. The number of carbonyl (C=O) groups is 1. The smallest absolute Gasteiger partial charge is 0.270 e. The molecule has 2 aromatic rings. The fraction of sp³-hybridized carbons (Fsp3) is 0.389. The van der Waals surface area contributed by atoms with Crippen LogP contribution >= 0.6 is 0 Å². The summed E-state index contributed by atoms with van der Waals surface area (Å²) in [5.74, 6) is 1.21. The Kier molecular flexibility index (Phi) is 6.86. The molecule has 1 amide bonds. The molecule has 8 nitrogen and oxygen atoms in total. The fourth-order valence-corrected chi connectivity index (χ4v) is 2.86. The lowest BCUT2D eigenvalue weighted by Crippen LogP contribution is -2.28. The van der Waals surface area contributed by atoms with E-state index in [1.165, 1.54) is 12.1 Å². The van der Waals surface area contributed by atoms with E-state index in [-0.39, 0.29) is 10.8 Å². The summed E-state index contributed by atoms with van der Waals surface area (Å²) in [5, 5.41) is 11.1. The van der Waals surface area contributed by atoms with Crippen molar-refractivity contribution < 1.29 is 13.2 Å². The number of sulfonamides is 1. The van der Waals surface area contributed by atoms with Crippen molar-refractivity contribution in [1.29, 1.82) is 0 Å². The first kappa shape index (κ1) is 20.8. The Morgan fingerprint density at radius 2 is 1.85 bits per heavy atom. The molecule has 0 aliphatic carbocycles. The second kappa shape index (κ2) is 8.92. The molecular weight excluding hydrogens is 366 g/mol. The minimum atomic E-state index is -3.68. The van der Waals surface area contributed by atoms with Crippen molar-refractivity contribution in [2.75, 3.05) is 18.4 Å². The summed E-state index contributed by atoms with van der Waals surface area (Å²) in [6.07, 6.45) is 0.656. The molecule has 0 unspecified atom stereocenters. The summed E-state index contributed by atoms with van der Waals surface area (Å²) < 4.78 is 22.5. The van der Waals surface area contributed by atoms with Gasteiger partial charge in [-0.05, 0) is 37.0 Å². The van der Waals surface area contributed by atoms with Crippen LogP contribution in [0.5, 0.6) is 0 Å². The van der Waals surface area contributed by atoms with Gasteiger partial charge in [-0.25, -0.2) is 23.5 Å². The fourth-order valence-electron chi connectivity index (χ4n) is 2.34. The lowest BCUT2D eigenvalue weighted by Gasteiger charge is -2.10. The number of rotatable bonds is 8. The lowest BCUT2D eigenvalue weighted by molar-refractivity contribution is 0.0943. The molecule has 0 saturated carbocycles. The van der Waals surface area contributed by atoms with Crippen molar-refractivity contribution in [1.82, 2.24) is 15.3 Å². The highest BCUT2D eigenvalue weighted by Gasteiger charge is 2.11. The maximum Gasteiger partial charge on any atom is 0.270 e. The molecule has 2 rings (SSSR count). The highest BCUT2D eigenvalue weighted by molar-refractivity contribution is 7.89. The van der Waals surface area contributed by atoms with Crippen molar-refractivity contribution >= 4 is 21.7 Å². The van der Waals surface area contributed by atoms with Gasteiger partial charge in [-0.3, -0.25) is 4.79 Å². The standard InChI is InChI=1S/C18H25N5O3S/c1-12(2)11-21-18(24)16-10-17(23-13(3)22-16)20-9-8-14-4-6-15(7-5-14)27(19,25)26/h4-7,10,12H,8-9,11H2,1-3H3,(H,21,24)(H2,19,25,26)(H,20,22,23). The molecule has 1 aromatic heterocycles. The highest BCUT2D eigenvalue weighted by atomic mass is 32.2. The normalized spacial score (nSPS) is 11.4. The van der Waals surface area contributed by atoms with Crippen molar-refractivity contribution in [3.63, 3.8) is 0 Å². The monoisotopic (exact) mass is 391 g/mol. The van der Waals surface area contributed by atoms with E-state index in [0.29, 0.717) is 42.8 Å². The van der Waals surface area contributed by atoms with Gasteiger partial charge in [-0.15, -0.1) is 0 Å². The van der Waals surface area contributed by atoms with Gasteiger partial charge in [0, 0.05) is 19.2 Å². The van der Waals surface area contributed by atoms with Crippen LogP contribution < -0.4 is 15.8 Å². The van der Waals surface area contributed by atoms with Gasteiger partial charge >= 0.3 is 0 Å². The van der Waals surface area contributed by atoms with Gasteiger partial charge < -0.3 is 10.6 Å². The zero-order valence-corrected chi connectivity index (χ0v) is 16.5. The summed E-state index contributed by atoms with van der Waals surface area (Å²) in [7, 11) is -3.68. The average Bonchev–Trinajstić information content (AvgIpc) is 2.59. The molecule has 0 radical (unpaired) electrons. The number of nitrogens with zero attached hydrogens (tertiary/aromatic N) is 2. The van der Waals surface area contributed by atoms with E-state index < -0.39 is 10.0 Å². The average molecular weight is 391 g/mol. The Morgan fingerprint density at radius 1 is 1.19 bits per heavy atom. The summed E-state index contributed by atoms with van der Waals surface area (Å²) >= 11 is 0. The minimum absolute atomic E-state index is 0.0858. The van der Waals surface area contributed by atoms with E-state index >= 15 is 0 Å². The number of hydrogen-bond donors (Lipinski definition) is 3. The maximum atomic E-state index is 12.2. The number of nitrogens with one attached hydrogen (secondary N) is 2. The predicted octanol–water partition coefficient (Wildman–Crippen LogP) is 1.47. The number of nitrogens with two attached hydrogens (primary N) is 1. The quantitative estimate of drug-likeness (QED) is 0.625. The first-order chi connectivity index (χ1) is 12.6. The minimum Gasteiger partial charge on any atom is -0.370 e. The van der Waals surface area contributed by atoms with E-state index in [1.54, 1.807) is 25.1 Å². The van der Waals surface area contributed by atoms with Crippen LogP contribution in [0.2, 0.25) is 0 Å². The number of carbonyl (C=O) groups excluding carboxylic acids is 1. The van der Waals surface area contributed by atoms with Gasteiger partial charge in [0.15, 0.2) is 0 Å². The van der Waals surface area contributed by atoms with E-state index in [9.17, 15) is 13.2 Å². The molecule has 27 heavy (non-hydrogen) atoms. The van der Waals surface area contributed by atoms with Crippen LogP contribution in [0.1, 0.15) is 35.7 Å². The second-order valence-electron chi connectivity index (χ2n) is 6.66. The van der Waals surface area contributed by atoms with Crippen LogP contribution in [0.25, 0.3) is 0 Å². The van der Waals surface area contributed by atoms with Gasteiger partial charge in [-0.1, -0.05) is 26.0 Å².